The summed E-state index contributed by atoms with van der Waals surface area (Å²) in [6.45, 7) is 5.66. The molecule has 1 N–H and O–H groups in total. The number of methoxy groups -OCH3 is 1. The third-order valence-electron chi connectivity index (χ3n) is 4.88. The standard InChI is InChI=1S/C19H27N5O2/c1-14-5-4-6-15(2)24(11-14)19(25)21-18-20-13-23(22-18)12-16-7-9-17(26-3)10-8-16/h7-10,13-15H,4-6,11-12H2,1-3H3,(H,21,22,25)/t14-,15+/m0/s1. The second-order valence-electron chi connectivity index (χ2n) is 7.08. The van der Waals surface area contributed by atoms with Gasteiger partial charge in [0.2, 0.25) is 5.95 Å². The minimum atomic E-state index is -0.117. The van der Waals surface area contributed by atoms with E-state index in [1.54, 1.807) is 18.1 Å². The summed E-state index contributed by atoms with van der Waals surface area (Å²) >= 11 is 0. The van der Waals surface area contributed by atoms with Gasteiger partial charge in [-0.2, -0.15) is 0 Å². The third kappa shape index (κ3) is 4.53. The number of hydrogen-bond donors (Lipinski definition) is 1. The maximum Gasteiger partial charge on any atom is 0.324 e. The maximum atomic E-state index is 12.6. The fraction of sp³-hybridized carbons (Fsp3) is 0.526. The van der Waals surface area contributed by atoms with Crippen molar-refractivity contribution in [3.8, 4) is 5.75 Å². The van der Waals surface area contributed by atoms with Crippen molar-refractivity contribution in [3.05, 3.63) is 36.2 Å². The van der Waals surface area contributed by atoms with E-state index in [4.69, 9.17) is 4.74 Å². The average Bonchev–Trinajstić information content (AvgIpc) is 2.98. The van der Waals surface area contributed by atoms with Crippen LogP contribution in [0.15, 0.2) is 30.6 Å². The molecule has 1 aromatic carbocycles. The van der Waals surface area contributed by atoms with E-state index >= 15 is 0 Å². The molecule has 0 bridgehead atoms. The second kappa shape index (κ2) is 8.21. The first-order chi connectivity index (χ1) is 12.5. The summed E-state index contributed by atoms with van der Waals surface area (Å²) in [5.74, 6) is 1.68. The smallest absolute Gasteiger partial charge is 0.324 e. The first kappa shape index (κ1) is 18.2. The molecule has 1 fully saturated rings. The van der Waals surface area contributed by atoms with Crippen LogP contribution in [0.2, 0.25) is 0 Å². The van der Waals surface area contributed by atoms with Crippen LogP contribution in [0.4, 0.5) is 10.7 Å². The van der Waals surface area contributed by atoms with Gasteiger partial charge in [0.1, 0.15) is 12.1 Å². The van der Waals surface area contributed by atoms with E-state index in [2.05, 4.69) is 29.2 Å². The summed E-state index contributed by atoms with van der Waals surface area (Å²) in [5, 5.41) is 7.20. The largest absolute Gasteiger partial charge is 0.497 e. The van der Waals surface area contributed by atoms with Crippen molar-refractivity contribution < 1.29 is 9.53 Å². The Morgan fingerprint density at radius 2 is 2.04 bits per heavy atom. The Kier molecular flexibility index (Phi) is 5.75. The van der Waals surface area contributed by atoms with Crippen molar-refractivity contribution in [2.75, 3.05) is 19.0 Å². The number of benzene rings is 1. The highest BCUT2D eigenvalue weighted by Crippen LogP contribution is 2.21. The van der Waals surface area contributed by atoms with E-state index in [-0.39, 0.29) is 12.1 Å². The molecule has 1 saturated heterocycles. The Labute approximate surface area is 154 Å². The van der Waals surface area contributed by atoms with E-state index in [9.17, 15) is 4.79 Å². The highest BCUT2D eigenvalue weighted by molar-refractivity contribution is 5.87. The average molecular weight is 357 g/mol. The van der Waals surface area contributed by atoms with Crippen molar-refractivity contribution in [1.82, 2.24) is 19.7 Å². The SMILES string of the molecule is COc1ccc(Cn2cnc(NC(=O)N3C[C@@H](C)CCC[C@H]3C)n2)cc1. The molecule has 0 aliphatic carbocycles. The van der Waals surface area contributed by atoms with Crippen LogP contribution in [0.3, 0.4) is 0 Å². The van der Waals surface area contributed by atoms with Crippen molar-refractivity contribution in [3.63, 3.8) is 0 Å². The number of nitrogens with one attached hydrogen (secondary N) is 1. The van der Waals surface area contributed by atoms with Crippen molar-refractivity contribution >= 4 is 12.0 Å². The molecule has 0 radical (unpaired) electrons. The number of carbonyl (C=O) groups excluding carboxylic acids is 1. The van der Waals surface area contributed by atoms with Crippen molar-refractivity contribution in [2.45, 2.75) is 45.7 Å². The summed E-state index contributed by atoms with van der Waals surface area (Å²) in [4.78, 5) is 18.7. The molecule has 0 saturated carbocycles. The van der Waals surface area contributed by atoms with Crippen molar-refractivity contribution in [2.24, 2.45) is 5.92 Å². The minimum Gasteiger partial charge on any atom is -0.497 e. The van der Waals surface area contributed by atoms with Gasteiger partial charge in [-0.15, -0.1) is 5.10 Å². The fourth-order valence-electron chi connectivity index (χ4n) is 3.32. The molecule has 7 nitrogen and oxygen atoms in total. The molecule has 2 amide bonds. The number of likely N-dealkylation sites (tertiary alicyclic amines) is 1. The van der Waals surface area contributed by atoms with Gasteiger partial charge in [0.25, 0.3) is 0 Å². The van der Waals surface area contributed by atoms with Crippen molar-refractivity contribution in [1.29, 1.82) is 0 Å². The molecule has 2 atom stereocenters. The van der Waals surface area contributed by atoms with Crippen LogP contribution >= 0.6 is 0 Å². The lowest BCUT2D eigenvalue weighted by Gasteiger charge is -2.28. The molecule has 2 heterocycles. The van der Waals surface area contributed by atoms with E-state index in [0.717, 1.165) is 24.3 Å². The van der Waals surface area contributed by atoms with E-state index in [0.29, 0.717) is 18.4 Å². The molecule has 0 unspecified atom stereocenters. The number of amides is 2. The Morgan fingerprint density at radius 3 is 2.77 bits per heavy atom. The number of nitrogens with zero attached hydrogens (tertiary/aromatic N) is 4. The van der Waals surface area contributed by atoms with Gasteiger partial charge >= 0.3 is 6.03 Å². The van der Waals surface area contributed by atoms with Crippen LogP contribution in [-0.4, -0.2) is 45.4 Å². The van der Waals surface area contributed by atoms with Crippen LogP contribution < -0.4 is 10.1 Å². The Balaban J connectivity index is 1.61. The maximum absolute atomic E-state index is 12.6. The Bertz CT molecular complexity index is 728. The zero-order valence-electron chi connectivity index (χ0n) is 15.7. The summed E-state index contributed by atoms with van der Waals surface area (Å²) in [6.07, 6.45) is 5.01. The van der Waals surface area contributed by atoms with E-state index < -0.39 is 0 Å². The van der Waals surface area contributed by atoms with Gasteiger partial charge in [-0.1, -0.05) is 25.5 Å². The number of anilines is 1. The van der Waals surface area contributed by atoms with Gasteiger partial charge in [0.15, 0.2) is 0 Å². The zero-order chi connectivity index (χ0) is 18.5. The summed E-state index contributed by atoms with van der Waals surface area (Å²) in [6, 6.07) is 7.92. The number of aromatic nitrogens is 3. The molecule has 1 aliphatic heterocycles. The van der Waals surface area contributed by atoms with Crippen LogP contribution in [0.5, 0.6) is 5.75 Å². The van der Waals surface area contributed by atoms with Gasteiger partial charge < -0.3 is 9.64 Å². The molecule has 3 rings (SSSR count). The Morgan fingerprint density at radius 1 is 1.27 bits per heavy atom. The molecule has 1 aromatic heterocycles. The first-order valence-corrected chi connectivity index (χ1v) is 9.15. The van der Waals surface area contributed by atoms with Gasteiger partial charge in [0.05, 0.1) is 13.7 Å². The van der Waals surface area contributed by atoms with Crippen LogP contribution in [0.1, 0.15) is 38.7 Å². The zero-order valence-corrected chi connectivity index (χ0v) is 15.7. The molecule has 140 valence electrons. The molecule has 2 aromatic rings. The summed E-state index contributed by atoms with van der Waals surface area (Å²) in [5.41, 5.74) is 1.09. The fourth-order valence-corrected chi connectivity index (χ4v) is 3.32. The number of urea groups is 1. The molecule has 7 heteroatoms. The highest BCUT2D eigenvalue weighted by Gasteiger charge is 2.25. The molecule has 1 aliphatic rings. The van der Waals surface area contributed by atoms with Crippen LogP contribution in [0.25, 0.3) is 0 Å². The molecule has 0 spiro atoms. The molecular weight excluding hydrogens is 330 g/mol. The molecule has 26 heavy (non-hydrogen) atoms. The van der Waals surface area contributed by atoms with Crippen LogP contribution in [-0.2, 0) is 6.54 Å². The summed E-state index contributed by atoms with van der Waals surface area (Å²) < 4.78 is 6.88. The van der Waals surface area contributed by atoms with Gasteiger partial charge in [0, 0.05) is 12.6 Å². The first-order valence-electron chi connectivity index (χ1n) is 9.15. The van der Waals surface area contributed by atoms with E-state index in [1.165, 1.54) is 12.8 Å². The second-order valence-corrected chi connectivity index (χ2v) is 7.08. The van der Waals surface area contributed by atoms with Crippen LogP contribution in [0, 0.1) is 5.92 Å². The summed E-state index contributed by atoms with van der Waals surface area (Å²) in [7, 11) is 1.65. The lowest BCUT2D eigenvalue weighted by atomic mass is 10.1. The number of rotatable bonds is 4. The predicted octanol–water partition coefficient (Wildman–Crippen LogP) is 3.38. The predicted molar refractivity (Wildman–Crippen MR) is 100 cm³/mol. The lowest BCUT2D eigenvalue weighted by Crippen LogP contribution is -2.42. The normalized spacial score (nSPS) is 20.5. The Hall–Kier alpha value is -2.57. The highest BCUT2D eigenvalue weighted by atomic mass is 16.5. The lowest BCUT2D eigenvalue weighted by molar-refractivity contribution is 0.187. The number of carbonyl (C=O) groups is 1. The minimum absolute atomic E-state index is 0.117. The quantitative estimate of drug-likeness (QED) is 0.910. The third-order valence-corrected chi connectivity index (χ3v) is 4.88. The van der Waals surface area contributed by atoms with Gasteiger partial charge in [-0.05, 0) is 43.4 Å². The van der Waals surface area contributed by atoms with Gasteiger partial charge in [-0.3, -0.25) is 5.32 Å². The number of ether oxygens (including phenoxy) is 1. The number of hydrogen-bond acceptors (Lipinski definition) is 4. The van der Waals surface area contributed by atoms with E-state index in [1.807, 2.05) is 29.2 Å². The molecular formula is C19H27N5O2. The topological polar surface area (TPSA) is 72.3 Å². The monoisotopic (exact) mass is 357 g/mol. The van der Waals surface area contributed by atoms with Gasteiger partial charge in [-0.25, -0.2) is 14.5 Å².